The first-order valence-corrected chi connectivity index (χ1v) is 6.54. The molecule has 4 nitrogen and oxygen atoms in total. The van der Waals surface area contributed by atoms with Crippen LogP contribution in [0.15, 0.2) is 36.9 Å². The van der Waals surface area contributed by atoms with Gasteiger partial charge in [0.15, 0.2) is 0 Å². The summed E-state index contributed by atoms with van der Waals surface area (Å²) in [6, 6.07) is 9.36. The summed E-state index contributed by atoms with van der Waals surface area (Å²) in [5.41, 5.74) is 2.74. The fourth-order valence-electron chi connectivity index (χ4n) is 2.14. The van der Waals surface area contributed by atoms with E-state index in [1.807, 2.05) is 4.68 Å². The van der Waals surface area contributed by atoms with Crippen LogP contribution in [0.4, 0.5) is 0 Å². The summed E-state index contributed by atoms with van der Waals surface area (Å²) in [6.07, 6.45) is 7.12. The molecule has 1 aliphatic carbocycles. The fourth-order valence-corrected chi connectivity index (χ4v) is 2.14. The molecule has 1 aliphatic rings. The van der Waals surface area contributed by atoms with Crippen molar-refractivity contribution in [3.63, 3.8) is 0 Å². The molecule has 1 heterocycles. The first-order chi connectivity index (χ1) is 8.92. The van der Waals surface area contributed by atoms with Crippen LogP contribution in [0, 0.1) is 0 Å². The van der Waals surface area contributed by atoms with Gasteiger partial charge in [-0.1, -0.05) is 24.3 Å². The van der Waals surface area contributed by atoms with Gasteiger partial charge in [-0.2, -0.15) is 5.10 Å². The van der Waals surface area contributed by atoms with Crippen molar-refractivity contribution >= 4 is 0 Å². The zero-order valence-corrected chi connectivity index (χ0v) is 10.4. The van der Waals surface area contributed by atoms with Gasteiger partial charge in [-0.05, 0) is 36.9 Å². The van der Waals surface area contributed by atoms with Gasteiger partial charge in [0.2, 0.25) is 0 Å². The molecule has 1 aromatic heterocycles. The van der Waals surface area contributed by atoms with Crippen molar-refractivity contribution in [1.82, 2.24) is 20.1 Å². The van der Waals surface area contributed by atoms with Crippen LogP contribution in [0.3, 0.4) is 0 Å². The number of benzene rings is 1. The van der Waals surface area contributed by atoms with Crippen molar-refractivity contribution < 1.29 is 0 Å². The number of hydrogen-bond donors (Lipinski definition) is 1. The van der Waals surface area contributed by atoms with Crippen LogP contribution >= 0.6 is 0 Å². The van der Waals surface area contributed by atoms with Gasteiger partial charge in [0.1, 0.15) is 12.7 Å². The molecule has 3 rings (SSSR count). The van der Waals surface area contributed by atoms with Gasteiger partial charge >= 0.3 is 0 Å². The van der Waals surface area contributed by atoms with Gasteiger partial charge < -0.3 is 5.32 Å². The lowest BCUT2D eigenvalue weighted by Crippen LogP contribution is -2.20. The first kappa shape index (κ1) is 11.4. The van der Waals surface area contributed by atoms with E-state index in [-0.39, 0.29) is 0 Å². The molecule has 1 saturated carbocycles. The monoisotopic (exact) mass is 242 g/mol. The molecule has 0 spiro atoms. The lowest BCUT2D eigenvalue weighted by molar-refractivity contribution is 0.659. The van der Waals surface area contributed by atoms with Gasteiger partial charge in [-0.3, -0.25) is 0 Å². The Kier molecular flexibility index (Phi) is 3.37. The van der Waals surface area contributed by atoms with Gasteiger partial charge in [0, 0.05) is 6.04 Å². The highest BCUT2D eigenvalue weighted by Gasteiger charge is 2.19. The Morgan fingerprint density at radius 3 is 2.78 bits per heavy atom. The third-order valence-electron chi connectivity index (χ3n) is 3.32. The van der Waals surface area contributed by atoms with E-state index in [2.05, 4.69) is 39.7 Å². The van der Waals surface area contributed by atoms with E-state index in [4.69, 9.17) is 0 Å². The predicted molar refractivity (Wildman–Crippen MR) is 70.3 cm³/mol. The molecule has 94 valence electrons. The Morgan fingerprint density at radius 2 is 2.06 bits per heavy atom. The molecule has 1 fully saturated rings. The van der Waals surface area contributed by atoms with E-state index in [1.54, 1.807) is 12.7 Å². The van der Waals surface area contributed by atoms with Crippen LogP contribution < -0.4 is 5.32 Å². The maximum Gasteiger partial charge on any atom is 0.137 e. The lowest BCUT2D eigenvalue weighted by Gasteiger charge is -2.09. The number of nitrogens with zero attached hydrogens (tertiary/aromatic N) is 3. The smallest absolute Gasteiger partial charge is 0.137 e. The Balaban J connectivity index is 1.64. The molecule has 0 amide bonds. The average molecular weight is 242 g/mol. The molecular formula is C14H18N4. The zero-order valence-electron chi connectivity index (χ0n) is 10.4. The van der Waals surface area contributed by atoms with E-state index < -0.39 is 0 Å². The highest BCUT2D eigenvalue weighted by molar-refractivity contribution is 5.27. The van der Waals surface area contributed by atoms with E-state index >= 15 is 0 Å². The van der Waals surface area contributed by atoms with Crippen LogP contribution in [0.5, 0.6) is 0 Å². The Hall–Kier alpha value is -1.68. The topological polar surface area (TPSA) is 42.7 Å². The van der Waals surface area contributed by atoms with Crippen molar-refractivity contribution in [3.05, 3.63) is 48.0 Å². The minimum atomic E-state index is 0.785. The molecule has 18 heavy (non-hydrogen) atoms. The summed E-state index contributed by atoms with van der Waals surface area (Å²) >= 11 is 0. The second-order valence-electron chi connectivity index (χ2n) is 4.84. The van der Waals surface area contributed by atoms with Gasteiger partial charge in [-0.25, -0.2) is 9.67 Å². The minimum absolute atomic E-state index is 0.785. The zero-order chi connectivity index (χ0) is 12.2. The molecule has 0 radical (unpaired) electrons. The van der Waals surface area contributed by atoms with Crippen molar-refractivity contribution in [3.8, 4) is 0 Å². The van der Waals surface area contributed by atoms with Gasteiger partial charge in [0.25, 0.3) is 0 Å². The Labute approximate surface area is 107 Å². The van der Waals surface area contributed by atoms with Crippen LogP contribution in [-0.4, -0.2) is 27.4 Å². The summed E-state index contributed by atoms with van der Waals surface area (Å²) < 4.78 is 1.87. The van der Waals surface area contributed by atoms with Crippen LogP contribution in [0.1, 0.15) is 24.0 Å². The lowest BCUT2D eigenvalue weighted by atomic mass is 10.0. The normalized spacial score (nSPS) is 14.9. The van der Waals surface area contributed by atoms with Gasteiger partial charge in [-0.15, -0.1) is 0 Å². The molecule has 1 aromatic carbocycles. The molecule has 0 bridgehead atoms. The molecular weight excluding hydrogens is 224 g/mol. The van der Waals surface area contributed by atoms with E-state index in [0.29, 0.717) is 0 Å². The summed E-state index contributed by atoms with van der Waals surface area (Å²) in [5.74, 6) is 0. The molecule has 1 N–H and O–H groups in total. The largest absolute Gasteiger partial charge is 0.314 e. The summed E-state index contributed by atoms with van der Waals surface area (Å²) in [7, 11) is 0. The first-order valence-electron chi connectivity index (χ1n) is 6.54. The van der Waals surface area contributed by atoms with Crippen LogP contribution in [0.2, 0.25) is 0 Å². The molecule has 2 aromatic rings. The molecule has 0 aliphatic heterocycles. The third-order valence-corrected chi connectivity index (χ3v) is 3.32. The molecule has 4 heteroatoms. The molecule has 0 unspecified atom stereocenters. The van der Waals surface area contributed by atoms with E-state index in [9.17, 15) is 0 Å². The van der Waals surface area contributed by atoms with Crippen molar-refractivity contribution in [2.24, 2.45) is 0 Å². The fraction of sp³-hybridized carbons (Fsp3) is 0.429. The highest BCUT2D eigenvalue weighted by atomic mass is 15.3. The second-order valence-corrected chi connectivity index (χ2v) is 4.84. The van der Waals surface area contributed by atoms with Crippen LogP contribution in [0.25, 0.3) is 0 Å². The third kappa shape index (κ3) is 2.96. The number of nitrogens with one attached hydrogen (secondary N) is 1. The van der Waals surface area contributed by atoms with E-state index in [1.165, 1.54) is 24.0 Å². The number of hydrogen-bond acceptors (Lipinski definition) is 3. The van der Waals surface area contributed by atoms with Gasteiger partial charge in [0.05, 0.1) is 6.54 Å². The quantitative estimate of drug-likeness (QED) is 0.837. The maximum absolute atomic E-state index is 4.16. The Morgan fingerprint density at radius 1 is 1.22 bits per heavy atom. The number of rotatable bonds is 6. The minimum Gasteiger partial charge on any atom is -0.314 e. The predicted octanol–water partition coefficient (Wildman–Crippen LogP) is 1.62. The summed E-state index contributed by atoms with van der Waals surface area (Å²) in [5, 5.41) is 7.72. The van der Waals surface area contributed by atoms with E-state index in [0.717, 1.165) is 25.6 Å². The highest BCUT2D eigenvalue weighted by Crippen LogP contribution is 2.18. The number of aromatic nitrogens is 3. The second kappa shape index (κ2) is 5.31. The maximum atomic E-state index is 4.16. The molecule has 0 saturated heterocycles. The van der Waals surface area contributed by atoms with Crippen molar-refractivity contribution in [1.29, 1.82) is 0 Å². The molecule has 0 atom stereocenters. The van der Waals surface area contributed by atoms with Crippen molar-refractivity contribution in [2.45, 2.75) is 31.8 Å². The van der Waals surface area contributed by atoms with Crippen LogP contribution in [-0.2, 0) is 13.0 Å². The summed E-state index contributed by atoms with van der Waals surface area (Å²) in [6.45, 7) is 1.87. The van der Waals surface area contributed by atoms with Crippen molar-refractivity contribution in [2.75, 3.05) is 6.54 Å². The Bertz CT molecular complexity index is 488. The average Bonchev–Trinajstić information content (AvgIpc) is 3.07. The standard InChI is InChI=1S/C14H18N4/c1-2-4-13(9-18-11-15-10-17-18)12(3-1)7-8-16-14-5-6-14/h1-4,10-11,14,16H,5-9H2. The summed E-state index contributed by atoms with van der Waals surface area (Å²) in [4.78, 5) is 3.98. The SMILES string of the molecule is c1ccc(Cn2cncn2)c(CCNC2CC2)c1.